The van der Waals surface area contributed by atoms with Gasteiger partial charge in [-0.2, -0.15) is 0 Å². The first kappa shape index (κ1) is 16.6. The number of aliphatic hydroxyl groups excluding tert-OH is 1. The van der Waals surface area contributed by atoms with Crippen LogP contribution in [0.3, 0.4) is 0 Å². The summed E-state index contributed by atoms with van der Waals surface area (Å²) in [7, 11) is 0. The Labute approximate surface area is 144 Å². The van der Waals surface area contributed by atoms with E-state index < -0.39 is 5.97 Å². The van der Waals surface area contributed by atoms with Crippen LogP contribution in [0.15, 0.2) is 54.6 Å². The van der Waals surface area contributed by atoms with Gasteiger partial charge in [-0.05, 0) is 29.8 Å². The monoisotopic (exact) mass is 340 g/mol. The van der Waals surface area contributed by atoms with E-state index in [1.54, 1.807) is 48.6 Å². The van der Waals surface area contributed by atoms with Crippen LogP contribution in [0.25, 0.3) is 6.08 Å². The third-order valence-corrected chi connectivity index (χ3v) is 3.47. The molecule has 6 heteroatoms. The van der Waals surface area contributed by atoms with E-state index in [2.05, 4.69) is 0 Å². The Bertz CT molecular complexity index is 838. The van der Waals surface area contributed by atoms with Crippen molar-refractivity contribution in [3.63, 3.8) is 0 Å². The maximum Gasteiger partial charge on any atom is 0.336 e. The van der Waals surface area contributed by atoms with Gasteiger partial charge in [0.2, 0.25) is 6.79 Å². The highest BCUT2D eigenvalue weighted by molar-refractivity contribution is 5.84. The van der Waals surface area contributed by atoms with Crippen LogP contribution >= 0.6 is 0 Å². The number of hydrogen-bond acceptors (Lipinski definition) is 6. The molecule has 0 aromatic heterocycles. The summed E-state index contributed by atoms with van der Waals surface area (Å²) >= 11 is 0. The van der Waals surface area contributed by atoms with Crippen molar-refractivity contribution < 1.29 is 29.2 Å². The smallest absolute Gasteiger partial charge is 0.336 e. The maximum atomic E-state index is 11.8. The van der Waals surface area contributed by atoms with Gasteiger partial charge in [0.15, 0.2) is 11.5 Å². The summed E-state index contributed by atoms with van der Waals surface area (Å²) in [5.41, 5.74) is 1.23. The Morgan fingerprint density at radius 3 is 2.80 bits per heavy atom. The van der Waals surface area contributed by atoms with Crippen molar-refractivity contribution >= 4 is 12.0 Å². The Hall–Kier alpha value is -3.25. The van der Waals surface area contributed by atoms with E-state index in [1.807, 2.05) is 0 Å². The highest BCUT2D eigenvalue weighted by Gasteiger charge is 2.14. The minimum absolute atomic E-state index is 0.0440. The molecule has 1 heterocycles. The number of carbonyl (C=O) groups is 1. The van der Waals surface area contributed by atoms with Crippen LogP contribution < -0.4 is 14.2 Å². The lowest BCUT2D eigenvalue weighted by molar-refractivity contribution is -0.128. The van der Waals surface area contributed by atoms with Gasteiger partial charge in [0.05, 0.1) is 6.61 Å². The number of carbonyl (C=O) groups excluding carboxylic acids is 1. The highest BCUT2D eigenvalue weighted by atomic mass is 16.7. The van der Waals surface area contributed by atoms with E-state index >= 15 is 0 Å². The molecular weight excluding hydrogens is 324 g/mol. The van der Waals surface area contributed by atoms with Crippen LogP contribution in [0, 0.1) is 0 Å². The zero-order valence-electron chi connectivity index (χ0n) is 13.2. The topological polar surface area (TPSA) is 85.2 Å². The Kier molecular flexibility index (Phi) is 5.01. The minimum atomic E-state index is -0.523. The lowest BCUT2D eigenvalue weighted by Gasteiger charge is -2.02. The minimum Gasteiger partial charge on any atom is -0.508 e. The molecule has 0 atom stereocenters. The molecule has 1 aliphatic rings. The molecule has 0 saturated heterocycles. The van der Waals surface area contributed by atoms with E-state index in [0.29, 0.717) is 22.8 Å². The number of aliphatic hydroxyl groups is 1. The first-order valence-electron chi connectivity index (χ1n) is 7.54. The third-order valence-electron chi connectivity index (χ3n) is 3.47. The van der Waals surface area contributed by atoms with Crippen LogP contribution in [0.2, 0.25) is 0 Å². The second kappa shape index (κ2) is 7.55. The average Bonchev–Trinajstić information content (AvgIpc) is 3.07. The summed E-state index contributed by atoms with van der Waals surface area (Å²) in [6.45, 7) is -0.0854. The lowest BCUT2D eigenvalue weighted by atomic mass is 10.1. The second-order valence-electron chi connectivity index (χ2n) is 5.20. The number of ether oxygens (including phenoxy) is 3. The largest absolute Gasteiger partial charge is 0.508 e. The van der Waals surface area contributed by atoms with Gasteiger partial charge in [0.1, 0.15) is 11.5 Å². The van der Waals surface area contributed by atoms with Crippen molar-refractivity contribution in [1.29, 1.82) is 0 Å². The molecule has 0 aliphatic carbocycles. The molecular formula is C19H16O6. The van der Waals surface area contributed by atoms with Gasteiger partial charge < -0.3 is 24.4 Å². The molecule has 2 aromatic rings. The summed E-state index contributed by atoms with van der Waals surface area (Å²) in [5.74, 6) is 1.05. The number of aromatic hydroxyl groups is 1. The average molecular weight is 340 g/mol. The van der Waals surface area contributed by atoms with Crippen molar-refractivity contribution in [1.82, 2.24) is 0 Å². The summed E-state index contributed by atoms with van der Waals surface area (Å²) in [6.07, 6.45) is 6.23. The predicted molar refractivity (Wildman–Crippen MR) is 90.4 cm³/mol. The molecule has 0 bridgehead atoms. The molecule has 3 rings (SSSR count). The molecule has 2 N–H and O–H groups in total. The lowest BCUT2D eigenvalue weighted by Crippen LogP contribution is -2.03. The molecule has 2 aromatic carbocycles. The van der Waals surface area contributed by atoms with Crippen LogP contribution in [-0.2, 0) is 11.4 Å². The molecule has 128 valence electrons. The van der Waals surface area contributed by atoms with Crippen molar-refractivity contribution in [3.8, 4) is 23.0 Å². The number of phenols is 1. The van der Waals surface area contributed by atoms with Crippen LogP contribution in [0.1, 0.15) is 11.1 Å². The Morgan fingerprint density at radius 1 is 1.12 bits per heavy atom. The molecule has 0 spiro atoms. The summed E-state index contributed by atoms with van der Waals surface area (Å²) in [5, 5.41) is 18.6. The number of esters is 1. The van der Waals surface area contributed by atoms with Crippen molar-refractivity contribution in [2.45, 2.75) is 6.61 Å². The fourth-order valence-corrected chi connectivity index (χ4v) is 2.23. The summed E-state index contributed by atoms with van der Waals surface area (Å²) in [4.78, 5) is 11.8. The van der Waals surface area contributed by atoms with Crippen molar-refractivity contribution in [2.24, 2.45) is 0 Å². The van der Waals surface area contributed by atoms with Crippen LogP contribution in [-0.4, -0.2) is 23.0 Å². The molecule has 25 heavy (non-hydrogen) atoms. The molecule has 0 saturated carbocycles. The summed E-state index contributed by atoms with van der Waals surface area (Å²) < 4.78 is 15.6. The highest BCUT2D eigenvalue weighted by Crippen LogP contribution is 2.35. The van der Waals surface area contributed by atoms with Crippen LogP contribution in [0.4, 0.5) is 0 Å². The quantitative estimate of drug-likeness (QED) is 0.377. The molecule has 1 aliphatic heterocycles. The maximum absolute atomic E-state index is 11.8. The van der Waals surface area contributed by atoms with Gasteiger partial charge in [-0.15, -0.1) is 0 Å². The van der Waals surface area contributed by atoms with Gasteiger partial charge in [-0.3, -0.25) is 0 Å². The molecule has 0 amide bonds. The number of benzene rings is 2. The van der Waals surface area contributed by atoms with Crippen molar-refractivity contribution in [2.75, 3.05) is 6.79 Å². The van der Waals surface area contributed by atoms with Gasteiger partial charge in [-0.1, -0.05) is 24.3 Å². The number of rotatable bonds is 5. The second-order valence-corrected chi connectivity index (χ2v) is 5.20. The van der Waals surface area contributed by atoms with E-state index in [0.717, 1.165) is 5.56 Å². The Morgan fingerprint density at radius 2 is 1.96 bits per heavy atom. The van der Waals surface area contributed by atoms with E-state index in [-0.39, 0.29) is 19.1 Å². The SMILES string of the molecule is O=C(C=CC=Cc1ccc(O)c(CO)c1)Oc1ccc2c(c1)OCO2. The Balaban J connectivity index is 1.57. The number of allylic oxidation sites excluding steroid dienone is 2. The van der Waals surface area contributed by atoms with Gasteiger partial charge >= 0.3 is 5.97 Å². The first-order valence-corrected chi connectivity index (χ1v) is 7.54. The standard InChI is InChI=1S/C19H16O6/c20-11-14-9-13(5-7-16(14)21)3-1-2-4-19(22)25-15-6-8-17-18(10-15)24-12-23-17/h1-10,20-21H,11-12H2. The predicted octanol–water partition coefficient (Wildman–Crippen LogP) is 2.79. The molecule has 6 nitrogen and oxygen atoms in total. The fraction of sp³-hybridized carbons (Fsp3) is 0.105. The zero-order chi connectivity index (χ0) is 17.6. The van der Waals surface area contributed by atoms with Gasteiger partial charge in [-0.25, -0.2) is 4.79 Å². The van der Waals surface area contributed by atoms with E-state index in [9.17, 15) is 9.90 Å². The molecule has 0 unspecified atom stereocenters. The van der Waals surface area contributed by atoms with E-state index in [1.165, 1.54) is 12.1 Å². The first-order chi connectivity index (χ1) is 12.2. The zero-order valence-corrected chi connectivity index (χ0v) is 13.2. The number of hydrogen-bond donors (Lipinski definition) is 2. The summed E-state index contributed by atoms with van der Waals surface area (Å²) in [6, 6.07) is 9.76. The van der Waals surface area contributed by atoms with E-state index in [4.69, 9.17) is 19.3 Å². The van der Waals surface area contributed by atoms with Crippen LogP contribution in [0.5, 0.6) is 23.0 Å². The molecule has 0 fully saturated rings. The van der Waals surface area contributed by atoms with Crippen molar-refractivity contribution in [3.05, 3.63) is 65.8 Å². The molecule has 0 radical (unpaired) electrons. The third kappa shape index (κ3) is 4.19. The van der Waals surface area contributed by atoms with Gasteiger partial charge in [0.25, 0.3) is 0 Å². The fourth-order valence-electron chi connectivity index (χ4n) is 2.23. The van der Waals surface area contributed by atoms with Gasteiger partial charge in [0, 0.05) is 17.7 Å². The normalized spacial score (nSPS) is 12.8. The number of fused-ring (bicyclic) bond motifs is 1.